The summed E-state index contributed by atoms with van der Waals surface area (Å²) in [5.41, 5.74) is -1.22. The van der Waals surface area contributed by atoms with Crippen LogP contribution in [0.5, 0.6) is 0 Å². The first-order chi connectivity index (χ1) is 7.29. The van der Waals surface area contributed by atoms with Gasteiger partial charge < -0.3 is 4.74 Å². The summed E-state index contributed by atoms with van der Waals surface area (Å²) in [6.07, 6.45) is -0.892. The van der Waals surface area contributed by atoms with Crippen LogP contribution in [-0.2, 0) is 4.74 Å². The van der Waals surface area contributed by atoms with Crippen molar-refractivity contribution in [2.45, 2.75) is 26.4 Å². The zero-order valence-corrected chi connectivity index (χ0v) is 9.30. The van der Waals surface area contributed by atoms with E-state index >= 15 is 0 Å². The lowest BCUT2D eigenvalue weighted by molar-refractivity contribution is 0.0634. The Balaban J connectivity index is 2.78. The van der Waals surface area contributed by atoms with E-state index in [0.717, 1.165) is 12.1 Å². The van der Waals surface area contributed by atoms with Crippen molar-refractivity contribution in [3.05, 3.63) is 29.8 Å². The summed E-state index contributed by atoms with van der Waals surface area (Å²) in [7, 11) is 0. The van der Waals surface area contributed by atoms with Crippen LogP contribution >= 0.6 is 0 Å². The van der Waals surface area contributed by atoms with E-state index in [2.05, 4.69) is 0 Å². The molecule has 0 saturated carbocycles. The van der Waals surface area contributed by atoms with Crippen molar-refractivity contribution in [3.63, 3.8) is 0 Å². The summed E-state index contributed by atoms with van der Waals surface area (Å²) < 4.78 is 31.1. The van der Waals surface area contributed by atoms with Crippen molar-refractivity contribution >= 4 is 11.8 Å². The molecule has 16 heavy (non-hydrogen) atoms. The van der Waals surface area contributed by atoms with E-state index in [9.17, 15) is 13.6 Å². The van der Waals surface area contributed by atoms with E-state index in [1.165, 1.54) is 6.07 Å². The molecule has 0 heterocycles. The molecule has 88 valence electrons. The fourth-order valence-electron chi connectivity index (χ4n) is 1.02. The number of carbonyl (C=O) groups excluding carboxylic acids is 1. The molecule has 5 heteroatoms. The van der Waals surface area contributed by atoms with Gasteiger partial charge >= 0.3 is 6.09 Å². The highest BCUT2D eigenvalue weighted by atomic mass is 19.1. The molecule has 0 aromatic heterocycles. The fourth-order valence-corrected chi connectivity index (χ4v) is 1.02. The standard InChI is InChI=1S/C11H13F2NO2/c1-11(2,3)16-10(15)14-9-7(12)5-4-6-8(9)13/h4-6H,1-3H3,(H,14,15). The first-order valence-corrected chi connectivity index (χ1v) is 4.73. The van der Waals surface area contributed by atoms with Crippen LogP contribution in [0.1, 0.15) is 20.8 Å². The third-order valence-electron chi connectivity index (χ3n) is 1.59. The van der Waals surface area contributed by atoms with Gasteiger partial charge in [0.05, 0.1) is 0 Å². The van der Waals surface area contributed by atoms with Crippen LogP contribution < -0.4 is 5.32 Å². The van der Waals surface area contributed by atoms with Gasteiger partial charge in [0, 0.05) is 0 Å². The average molecular weight is 229 g/mol. The molecule has 0 unspecified atom stereocenters. The average Bonchev–Trinajstić information content (AvgIpc) is 2.08. The van der Waals surface area contributed by atoms with Crippen molar-refractivity contribution in [2.75, 3.05) is 5.32 Å². The zero-order chi connectivity index (χ0) is 12.3. The molecule has 3 nitrogen and oxygen atoms in total. The van der Waals surface area contributed by atoms with Crippen LogP contribution in [0.2, 0.25) is 0 Å². The number of para-hydroxylation sites is 1. The topological polar surface area (TPSA) is 38.3 Å². The number of anilines is 1. The summed E-state index contributed by atoms with van der Waals surface area (Å²) in [6.45, 7) is 4.97. The number of nitrogens with one attached hydrogen (secondary N) is 1. The summed E-state index contributed by atoms with van der Waals surface area (Å²) in [4.78, 5) is 11.3. The lowest BCUT2D eigenvalue weighted by atomic mass is 10.2. The van der Waals surface area contributed by atoms with Crippen molar-refractivity contribution in [3.8, 4) is 0 Å². The predicted octanol–water partition coefficient (Wildman–Crippen LogP) is 3.31. The van der Waals surface area contributed by atoms with Crippen molar-refractivity contribution < 1.29 is 18.3 Å². The van der Waals surface area contributed by atoms with Gasteiger partial charge in [-0.25, -0.2) is 13.6 Å². The van der Waals surface area contributed by atoms with Crippen LogP contribution in [0.3, 0.4) is 0 Å². The van der Waals surface area contributed by atoms with Gasteiger partial charge in [0.25, 0.3) is 0 Å². The Labute approximate surface area is 92.4 Å². The molecule has 0 aliphatic rings. The monoisotopic (exact) mass is 229 g/mol. The number of hydrogen-bond donors (Lipinski definition) is 1. The fraction of sp³-hybridized carbons (Fsp3) is 0.364. The largest absolute Gasteiger partial charge is 0.444 e. The Morgan fingerprint density at radius 1 is 1.25 bits per heavy atom. The summed E-state index contributed by atoms with van der Waals surface area (Å²) in [6, 6.07) is 3.32. The number of benzene rings is 1. The number of amides is 1. The molecule has 0 fully saturated rings. The number of ether oxygens (including phenoxy) is 1. The van der Waals surface area contributed by atoms with Gasteiger partial charge in [-0.05, 0) is 32.9 Å². The molecule has 0 bridgehead atoms. The van der Waals surface area contributed by atoms with Gasteiger partial charge in [-0.2, -0.15) is 0 Å². The third kappa shape index (κ3) is 3.49. The second kappa shape index (κ2) is 4.47. The molecular formula is C11H13F2NO2. The highest BCUT2D eigenvalue weighted by Crippen LogP contribution is 2.19. The van der Waals surface area contributed by atoms with E-state index < -0.39 is 29.0 Å². The third-order valence-corrected chi connectivity index (χ3v) is 1.59. The second-order valence-corrected chi connectivity index (χ2v) is 4.22. The lowest BCUT2D eigenvalue weighted by Crippen LogP contribution is -2.27. The van der Waals surface area contributed by atoms with E-state index in [1.54, 1.807) is 20.8 Å². The Morgan fingerprint density at radius 3 is 2.19 bits per heavy atom. The van der Waals surface area contributed by atoms with Gasteiger partial charge in [0.2, 0.25) is 0 Å². The maximum atomic E-state index is 13.1. The van der Waals surface area contributed by atoms with E-state index in [1.807, 2.05) is 5.32 Å². The Morgan fingerprint density at radius 2 is 1.75 bits per heavy atom. The molecular weight excluding hydrogens is 216 g/mol. The van der Waals surface area contributed by atoms with Crippen molar-refractivity contribution in [2.24, 2.45) is 0 Å². The summed E-state index contributed by atoms with van der Waals surface area (Å²) in [5.74, 6) is -1.68. The number of carbonyl (C=O) groups is 1. The van der Waals surface area contributed by atoms with E-state index in [-0.39, 0.29) is 0 Å². The highest BCUT2D eigenvalue weighted by Gasteiger charge is 2.18. The first-order valence-electron chi connectivity index (χ1n) is 4.73. The van der Waals surface area contributed by atoms with Gasteiger partial charge in [-0.1, -0.05) is 6.07 Å². The highest BCUT2D eigenvalue weighted by molar-refractivity contribution is 5.85. The Bertz CT molecular complexity index is 379. The minimum atomic E-state index is -0.892. The molecule has 1 aromatic carbocycles. The van der Waals surface area contributed by atoms with Crippen molar-refractivity contribution in [1.82, 2.24) is 0 Å². The molecule has 0 aliphatic heterocycles. The molecule has 0 radical (unpaired) electrons. The minimum absolute atomic E-state index is 0.503. The first kappa shape index (κ1) is 12.4. The smallest absolute Gasteiger partial charge is 0.412 e. The molecule has 0 saturated heterocycles. The van der Waals surface area contributed by atoms with Crippen LogP contribution in [0.25, 0.3) is 0 Å². The molecule has 1 aromatic rings. The Hall–Kier alpha value is -1.65. The molecule has 0 atom stereocenters. The molecule has 0 aliphatic carbocycles. The number of halogens is 2. The minimum Gasteiger partial charge on any atom is -0.444 e. The van der Waals surface area contributed by atoms with Gasteiger partial charge in [-0.15, -0.1) is 0 Å². The molecule has 1 amide bonds. The number of hydrogen-bond acceptors (Lipinski definition) is 2. The maximum absolute atomic E-state index is 13.1. The number of rotatable bonds is 1. The SMILES string of the molecule is CC(C)(C)OC(=O)Nc1c(F)cccc1F. The molecule has 1 N–H and O–H groups in total. The molecule has 1 rings (SSSR count). The second-order valence-electron chi connectivity index (χ2n) is 4.22. The summed E-state index contributed by atoms with van der Waals surface area (Å²) >= 11 is 0. The van der Waals surface area contributed by atoms with Gasteiger partial charge in [-0.3, -0.25) is 5.32 Å². The van der Waals surface area contributed by atoms with Crippen LogP contribution in [0.4, 0.5) is 19.3 Å². The van der Waals surface area contributed by atoms with E-state index in [4.69, 9.17) is 4.74 Å². The predicted molar refractivity (Wildman–Crippen MR) is 56.2 cm³/mol. The van der Waals surface area contributed by atoms with Crippen LogP contribution in [-0.4, -0.2) is 11.7 Å². The van der Waals surface area contributed by atoms with Crippen LogP contribution in [0, 0.1) is 11.6 Å². The van der Waals surface area contributed by atoms with Crippen molar-refractivity contribution in [1.29, 1.82) is 0 Å². The lowest BCUT2D eigenvalue weighted by Gasteiger charge is -2.19. The Kier molecular flexibility index (Phi) is 3.47. The maximum Gasteiger partial charge on any atom is 0.412 e. The zero-order valence-electron chi connectivity index (χ0n) is 9.30. The van der Waals surface area contributed by atoms with Gasteiger partial charge in [0.15, 0.2) is 0 Å². The summed E-state index contributed by atoms with van der Waals surface area (Å²) in [5, 5.41) is 2.02. The quantitative estimate of drug-likeness (QED) is 0.802. The van der Waals surface area contributed by atoms with E-state index in [0.29, 0.717) is 0 Å². The van der Waals surface area contributed by atoms with Gasteiger partial charge in [0.1, 0.15) is 22.9 Å². The van der Waals surface area contributed by atoms with Crippen LogP contribution in [0.15, 0.2) is 18.2 Å². The normalized spacial score (nSPS) is 11.1. The molecule has 0 spiro atoms.